The van der Waals surface area contributed by atoms with Crippen LogP contribution in [0.15, 0.2) is 29.2 Å². The molecule has 2 fully saturated rings. The van der Waals surface area contributed by atoms with Crippen LogP contribution >= 0.6 is 0 Å². The van der Waals surface area contributed by atoms with Crippen LogP contribution in [0, 0.1) is 11.2 Å². The molecule has 0 amide bonds. The predicted octanol–water partition coefficient (Wildman–Crippen LogP) is 1.95. The molecule has 1 spiro atoms. The van der Waals surface area contributed by atoms with Crippen LogP contribution < -0.4 is 0 Å². The molecule has 2 heterocycles. The highest BCUT2D eigenvalue weighted by Crippen LogP contribution is 2.43. The van der Waals surface area contributed by atoms with Gasteiger partial charge in [0.15, 0.2) is 0 Å². The van der Waals surface area contributed by atoms with Crippen molar-refractivity contribution in [3.8, 4) is 0 Å². The largest absolute Gasteiger partial charge is 0.383 e. The Morgan fingerprint density at radius 2 is 2.04 bits per heavy atom. The molecule has 0 radical (unpaired) electrons. The van der Waals surface area contributed by atoms with Crippen LogP contribution in [-0.4, -0.2) is 64.1 Å². The third kappa shape index (κ3) is 3.35. The van der Waals surface area contributed by atoms with E-state index in [1.165, 1.54) is 22.5 Å². The summed E-state index contributed by atoms with van der Waals surface area (Å²) in [5.41, 5.74) is 0.173. The normalized spacial score (nSPS) is 25.4. The zero-order chi connectivity index (χ0) is 17.4. The molecular formula is C17H25FN2O3S. The number of sulfonamides is 1. The van der Waals surface area contributed by atoms with Crippen molar-refractivity contribution in [3.05, 3.63) is 30.1 Å². The van der Waals surface area contributed by atoms with E-state index in [1.54, 1.807) is 7.11 Å². The zero-order valence-corrected chi connectivity index (χ0v) is 15.1. The highest BCUT2D eigenvalue weighted by molar-refractivity contribution is 7.89. The van der Waals surface area contributed by atoms with Gasteiger partial charge in [-0.15, -0.1) is 0 Å². The zero-order valence-electron chi connectivity index (χ0n) is 14.2. The number of likely N-dealkylation sites (tertiary alicyclic amines) is 1. The molecule has 7 heteroatoms. The van der Waals surface area contributed by atoms with Crippen LogP contribution in [0.2, 0.25) is 0 Å². The summed E-state index contributed by atoms with van der Waals surface area (Å²) in [6.07, 6.45) is 2.73. The summed E-state index contributed by atoms with van der Waals surface area (Å²) in [6, 6.07) is 5.66. The maximum atomic E-state index is 13.4. The average molecular weight is 356 g/mol. The van der Waals surface area contributed by atoms with Crippen LogP contribution in [-0.2, 0) is 14.8 Å². The maximum absolute atomic E-state index is 13.4. The van der Waals surface area contributed by atoms with Gasteiger partial charge in [0.05, 0.1) is 11.5 Å². The average Bonchev–Trinajstić information content (AvgIpc) is 2.83. The molecule has 3 rings (SSSR count). The van der Waals surface area contributed by atoms with Crippen molar-refractivity contribution in [1.29, 1.82) is 0 Å². The van der Waals surface area contributed by atoms with Gasteiger partial charge in [0, 0.05) is 32.8 Å². The fourth-order valence-electron chi connectivity index (χ4n) is 4.10. The molecule has 24 heavy (non-hydrogen) atoms. The molecule has 0 bridgehead atoms. The van der Waals surface area contributed by atoms with E-state index in [0.717, 1.165) is 31.9 Å². The van der Waals surface area contributed by atoms with Gasteiger partial charge >= 0.3 is 0 Å². The number of rotatable bonds is 4. The summed E-state index contributed by atoms with van der Waals surface area (Å²) in [7, 11) is 0.208. The summed E-state index contributed by atoms with van der Waals surface area (Å²) in [6.45, 7) is 2.68. The van der Waals surface area contributed by atoms with E-state index in [1.807, 2.05) is 0 Å². The number of benzene rings is 1. The number of methoxy groups -OCH3 is 1. The Labute approximate surface area is 143 Å². The second-order valence-corrected chi connectivity index (χ2v) is 9.03. The van der Waals surface area contributed by atoms with Crippen molar-refractivity contribution in [3.63, 3.8) is 0 Å². The lowest BCUT2D eigenvalue weighted by Gasteiger charge is -2.38. The van der Waals surface area contributed by atoms with E-state index in [-0.39, 0.29) is 10.3 Å². The minimum Gasteiger partial charge on any atom is -0.383 e. The van der Waals surface area contributed by atoms with E-state index in [2.05, 4.69) is 11.9 Å². The molecule has 1 aromatic carbocycles. The topological polar surface area (TPSA) is 49.9 Å². The van der Waals surface area contributed by atoms with Crippen molar-refractivity contribution in [2.45, 2.75) is 30.2 Å². The van der Waals surface area contributed by atoms with Gasteiger partial charge in [0.25, 0.3) is 0 Å². The van der Waals surface area contributed by atoms with Gasteiger partial charge in [-0.25, -0.2) is 12.8 Å². The molecule has 1 aromatic rings. The molecule has 0 aromatic heterocycles. The summed E-state index contributed by atoms with van der Waals surface area (Å²) >= 11 is 0. The number of likely N-dealkylation sites (N-methyl/N-ethyl adjacent to an activating group) is 1. The van der Waals surface area contributed by atoms with Gasteiger partial charge in [0.1, 0.15) is 5.82 Å². The van der Waals surface area contributed by atoms with Crippen molar-refractivity contribution >= 4 is 10.0 Å². The van der Waals surface area contributed by atoms with Crippen LogP contribution in [0.4, 0.5) is 4.39 Å². The first-order valence-corrected chi connectivity index (χ1v) is 9.75. The molecule has 2 aliphatic rings. The number of hydrogen-bond donors (Lipinski definition) is 0. The Morgan fingerprint density at radius 1 is 1.33 bits per heavy atom. The highest BCUT2D eigenvalue weighted by Gasteiger charge is 2.45. The molecule has 1 atom stereocenters. The monoisotopic (exact) mass is 356 g/mol. The van der Waals surface area contributed by atoms with Gasteiger partial charge in [-0.2, -0.15) is 4.31 Å². The number of hydrogen-bond acceptors (Lipinski definition) is 4. The Kier molecular flexibility index (Phi) is 4.97. The van der Waals surface area contributed by atoms with E-state index in [0.29, 0.717) is 25.7 Å². The van der Waals surface area contributed by atoms with E-state index in [9.17, 15) is 12.8 Å². The highest BCUT2D eigenvalue weighted by atomic mass is 32.2. The first-order valence-electron chi connectivity index (χ1n) is 8.31. The quantitative estimate of drug-likeness (QED) is 0.827. The fraction of sp³-hybridized carbons (Fsp3) is 0.647. The van der Waals surface area contributed by atoms with Crippen LogP contribution in [0.5, 0.6) is 0 Å². The summed E-state index contributed by atoms with van der Waals surface area (Å²) in [5.74, 6) is -0.524. The maximum Gasteiger partial charge on any atom is 0.243 e. The number of piperidine rings is 1. The second kappa shape index (κ2) is 6.71. The fourth-order valence-corrected chi connectivity index (χ4v) is 5.57. The number of nitrogens with zero attached hydrogens (tertiary/aromatic N) is 2. The lowest BCUT2D eigenvalue weighted by atomic mass is 9.77. The molecule has 134 valence electrons. The van der Waals surface area contributed by atoms with Crippen molar-refractivity contribution in [2.24, 2.45) is 5.41 Å². The van der Waals surface area contributed by atoms with Gasteiger partial charge < -0.3 is 9.64 Å². The molecular weight excluding hydrogens is 331 g/mol. The van der Waals surface area contributed by atoms with Gasteiger partial charge in [0.2, 0.25) is 10.0 Å². The summed E-state index contributed by atoms with van der Waals surface area (Å²) in [4.78, 5) is 2.36. The third-order valence-electron chi connectivity index (χ3n) is 5.45. The Bertz CT molecular complexity index is 687. The molecule has 0 aliphatic carbocycles. The standard InChI is InChI=1S/C17H25FN2O3S/c1-19-13-17(11-15(19)12-23-2)6-8-20(9-7-17)24(21,22)16-5-3-4-14(18)10-16/h3-5,10,15H,6-9,11-13H2,1-2H3/t15-/m1/s1. The molecule has 5 nitrogen and oxygen atoms in total. The molecule has 2 aliphatic heterocycles. The molecule has 0 saturated carbocycles. The van der Waals surface area contributed by atoms with Gasteiger partial charge in [-0.05, 0) is 49.9 Å². The summed E-state index contributed by atoms with van der Waals surface area (Å²) < 4.78 is 45.6. The van der Waals surface area contributed by atoms with Gasteiger partial charge in [-0.1, -0.05) is 6.07 Å². The van der Waals surface area contributed by atoms with E-state index >= 15 is 0 Å². The third-order valence-corrected chi connectivity index (χ3v) is 7.35. The molecule has 2 saturated heterocycles. The Morgan fingerprint density at radius 3 is 2.67 bits per heavy atom. The lowest BCUT2D eigenvalue weighted by Crippen LogP contribution is -2.44. The number of halogens is 1. The van der Waals surface area contributed by atoms with Crippen molar-refractivity contribution in [1.82, 2.24) is 9.21 Å². The summed E-state index contributed by atoms with van der Waals surface area (Å²) in [5, 5.41) is 0. The second-order valence-electron chi connectivity index (χ2n) is 7.09. The Balaban J connectivity index is 1.69. The predicted molar refractivity (Wildman–Crippen MR) is 89.7 cm³/mol. The first-order chi connectivity index (χ1) is 11.4. The SMILES string of the molecule is COC[C@H]1CC2(CCN(S(=O)(=O)c3cccc(F)c3)CC2)CN1C. The van der Waals surface area contributed by atoms with Crippen molar-refractivity contribution in [2.75, 3.05) is 40.4 Å². The first kappa shape index (κ1) is 17.8. The van der Waals surface area contributed by atoms with E-state index < -0.39 is 15.8 Å². The molecule has 0 unspecified atom stereocenters. The van der Waals surface area contributed by atoms with Crippen LogP contribution in [0.1, 0.15) is 19.3 Å². The minimum atomic E-state index is -3.61. The smallest absolute Gasteiger partial charge is 0.243 e. The number of ether oxygens (including phenoxy) is 1. The lowest BCUT2D eigenvalue weighted by molar-refractivity contribution is 0.129. The van der Waals surface area contributed by atoms with Gasteiger partial charge in [-0.3, -0.25) is 0 Å². The van der Waals surface area contributed by atoms with E-state index in [4.69, 9.17) is 4.74 Å². The van der Waals surface area contributed by atoms with Crippen LogP contribution in [0.3, 0.4) is 0 Å². The van der Waals surface area contributed by atoms with Crippen molar-refractivity contribution < 1.29 is 17.5 Å². The van der Waals surface area contributed by atoms with Crippen LogP contribution in [0.25, 0.3) is 0 Å². The molecule has 0 N–H and O–H groups in total. The Hall–Kier alpha value is -1.02. The minimum absolute atomic E-state index is 0.0410.